The first kappa shape index (κ1) is 15.7. The van der Waals surface area contributed by atoms with Crippen LogP contribution in [0.25, 0.3) is 0 Å². The minimum Gasteiger partial charge on any atom is -0.335 e. The zero-order valence-corrected chi connectivity index (χ0v) is 12.2. The minimum absolute atomic E-state index is 0.841. The highest BCUT2D eigenvalue weighted by molar-refractivity contribution is 4.92. The van der Waals surface area contributed by atoms with Crippen molar-refractivity contribution in [2.24, 2.45) is 5.92 Å². The molecule has 0 heterocycles. The predicted molar refractivity (Wildman–Crippen MR) is 72.1 cm³/mol. The van der Waals surface area contributed by atoms with Crippen LogP contribution in [0.15, 0.2) is 11.6 Å². The van der Waals surface area contributed by atoms with E-state index in [1.807, 2.05) is 0 Å². The van der Waals surface area contributed by atoms with Crippen LogP contribution in [0.5, 0.6) is 0 Å². The molecule has 96 valence electrons. The molecule has 0 rings (SSSR count). The quantitative estimate of drug-likeness (QED) is 0.543. The van der Waals surface area contributed by atoms with Crippen molar-refractivity contribution in [1.82, 2.24) is 0 Å². The first-order chi connectivity index (χ1) is 7.41. The zero-order valence-electron chi connectivity index (χ0n) is 12.2. The van der Waals surface area contributed by atoms with Crippen LogP contribution in [0.2, 0.25) is 0 Å². The number of quaternary nitrogens is 2. The van der Waals surface area contributed by atoms with Crippen LogP contribution in [0.4, 0.5) is 0 Å². The van der Waals surface area contributed by atoms with Crippen LogP contribution in [0.3, 0.4) is 0 Å². The molecule has 2 atom stereocenters. The topological polar surface area (TPSA) is 8.88 Å². The predicted octanol–water partition coefficient (Wildman–Crippen LogP) is 0.0281. The molecular formula is C14H32N2+2. The monoisotopic (exact) mass is 228 g/mol. The second kappa shape index (κ2) is 8.77. The Morgan fingerprint density at radius 1 is 1.12 bits per heavy atom. The lowest BCUT2D eigenvalue weighted by Gasteiger charge is -2.19. The number of rotatable bonds is 8. The van der Waals surface area contributed by atoms with Gasteiger partial charge < -0.3 is 9.80 Å². The van der Waals surface area contributed by atoms with Crippen molar-refractivity contribution in [1.29, 1.82) is 0 Å². The SMILES string of the molecule is CC(C)=CCC[C@@H](C)C[NH+](C)CC[NH+](C)C. The van der Waals surface area contributed by atoms with E-state index in [0.717, 1.165) is 5.92 Å². The third-order valence-corrected chi connectivity index (χ3v) is 2.96. The van der Waals surface area contributed by atoms with Crippen LogP contribution in [0.1, 0.15) is 33.6 Å². The Labute approximate surface area is 102 Å². The van der Waals surface area contributed by atoms with Gasteiger partial charge in [-0.1, -0.05) is 18.6 Å². The molecule has 0 aromatic rings. The van der Waals surface area contributed by atoms with E-state index < -0.39 is 0 Å². The fourth-order valence-electron chi connectivity index (χ4n) is 1.92. The summed E-state index contributed by atoms with van der Waals surface area (Å²) >= 11 is 0. The minimum atomic E-state index is 0.841. The molecule has 0 aliphatic heterocycles. The molecule has 0 aromatic carbocycles. The molecule has 0 spiro atoms. The van der Waals surface area contributed by atoms with E-state index in [2.05, 4.69) is 48.0 Å². The fourth-order valence-corrected chi connectivity index (χ4v) is 1.92. The van der Waals surface area contributed by atoms with Gasteiger partial charge in [-0.25, -0.2) is 0 Å². The number of likely N-dealkylation sites (N-methyl/N-ethyl adjacent to an activating group) is 2. The van der Waals surface area contributed by atoms with Gasteiger partial charge in [-0.05, 0) is 26.7 Å². The maximum atomic E-state index is 2.38. The van der Waals surface area contributed by atoms with Crippen molar-refractivity contribution in [3.8, 4) is 0 Å². The van der Waals surface area contributed by atoms with E-state index >= 15 is 0 Å². The first-order valence-electron chi connectivity index (χ1n) is 6.65. The third-order valence-electron chi connectivity index (χ3n) is 2.96. The third kappa shape index (κ3) is 10.2. The average molecular weight is 228 g/mol. The fraction of sp³-hybridized carbons (Fsp3) is 0.857. The summed E-state index contributed by atoms with van der Waals surface area (Å²) in [6.45, 7) is 10.6. The summed E-state index contributed by atoms with van der Waals surface area (Å²) in [4.78, 5) is 3.22. The van der Waals surface area contributed by atoms with Crippen LogP contribution < -0.4 is 9.80 Å². The normalized spacial score (nSPS) is 14.9. The average Bonchev–Trinajstić information content (AvgIpc) is 2.14. The largest absolute Gasteiger partial charge is 0.335 e. The van der Waals surface area contributed by atoms with Crippen molar-refractivity contribution in [3.05, 3.63) is 11.6 Å². The van der Waals surface area contributed by atoms with Gasteiger partial charge in [-0.15, -0.1) is 0 Å². The highest BCUT2D eigenvalue weighted by Gasteiger charge is 2.09. The van der Waals surface area contributed by atoms with Gasteiger partial charge in [0.1, 0.15) is 13.1 Å². The van der Waals surface area contributed by atoms with E-state index in [0.29, 0.717) is 0 Å². The summed E-state index contributed by atoms with van der Waals surface area (Å²) in [7, 11) is 6.78. The first-order valence-corrected chi connectivity index (χ1v) is 6.65. The Kier molecular flexibility index (Phi) is 8.58. The van der Waals surface area contributed by atoms with Gasteiger partial charge in [0, 0.05) is 5.92 Å². The molecule has 0 radical (unpaired) electrons. The lowest BCUT2D eigenvalue weighted by Crippen LogP contribution is -3.16. The van der Waals surface area contributed by atoms with Crippen molar-refractivity contribution < 1.29 is 9.80 Å². The van der Waals surface area contributed by atoms with Gasteiger partial charge in [0.2, 0.25) is 0 Å². The second-order valence-electron chi connectivity index (χ2n) is 5.83. The molecule has 0 bridgehead atoms. The smallest absolute Gasteiger partial charge is 0.127 e. The van der Waals surface area contributed by atoms with E-state index in [9.17, 15) is 0 Å². The van der Waals surface area contributed by atoms with E-state index in [1.165, 1.54) is 38.0 Å². The Morgan fingerprint density at radius 3 is 2.25 bits per heavy atom. The van der Waals surface area contributed by atoms with Gasteiger partial charge in [0.15, 0.2) is 0 Å². The van der Waals surface area contributed by atoms with Crippen LogP contribution in [-0.4, -0.2) is 40.8 Å². The molecule has 0 aliphatic rings. The Hall–Kier alpha value is -0.340. The van der Waals surface area contributed by atoms with Crippen molar-refractivity contribution >= 4 is 0 Å². The standard InChI is InChI=1S/C14H30N2/c1-13(2)8-7-9-14(3)12-16(6)11-10-15(4)5/h8,14H,7,9-12H2,1-6H3/p+2/t14-/m1/s1. The van der Waals surface area contributed by atoms with Crippen molar-refractivity contribution in [3.63, 3.8) is 0 Å². The van der Waals surface area contributed by atoms with Gasteiger partial charge in [0.05, 0.1) is 27.7 Å². The molecule has 0 saturated heterocycles. The summed E-state index contributed by atoms with van der Waals surface area (Å²) in [6, 6.07) is 0. The van der Waals surface area contributed by atoms with Gasteiger partial charge in [0.25, 0.3) is 0 Å². The molecule has 0 amide bonds. The summed E-state index contributed by atoms with van der Waals surface area (Å²) < 4.78 is 0. The molecule has 2 N–H and O–H groups in total. The molecule has 2 nitrogen and oxygen atoms in total. The summed E-state index contributed by atoms with van der Waals surface area (Å²) in [5.74, 6) is 0.841. The lowest BCUT2D eigenvalue weighted by atomic mass is 10.0. The molecule has 16 heavy (non-hydrogen) atoms. The van der Waals surface area contributed by atoms with Crippen LogP contribution in [0, 0.1) is 5.92 Å². The second-order valence-corrected chi connectivity index (χ2v) is 5.83. The maximum absolute atomic E-state index is 2.38. The Morgan fingerprint density at radius 2 is 1.75 bits per heavy atom. The molecule has 0 saturated carbocycles. The van der Waals surface area contributed by atoms with Gasteiger partial charge in [-0.2, -0.15) is 0 Å². The molecule has 0 aliphatic carbocycles. The highest BCUT2D eigenvalue weighted by Crippen LogP contribution is 2.05. The Balaban J connectivity index is 3.61. The molecule has 0 fully saturated rings. The lowest BCUT2D eigenvalue weighted by molar-refractivity contribution is -0.931. The summed E-state index contributed by atoms with van der Waals surface area (Å²) in [5.41, 5.74) is 1.45. The van der Waals surface area contributed by atoms with E-state index in [4.69, 9.17) is 0 Å². The van der Waals surface area contributed by atoms with Crippen molar-refractivity contribution in [2.75, 3.05) is 40.8 Å². The highest BCUT2D eigenvalue weighted by atomic mass is 15.1. The van der Waals surface area contributed by atoms with Crippen LogP contribution >= 0.6 is 0 Å². The number of hydrogen-bond donors (Lipinski definition) is 2. The van der Waals surface area contributed by atoms with E-state index in [1.54, 1.807) is 9.80 Å². The van der Waals surface area contributed by atoms with E-state index in [-0.39, 0.29) is 0 Å². The molecule has 0 aromatic heterocycles. The number of nitrogens with one attached hydrogen (secondary N) is 2. The molecular weight excluding hydrogens is 196 g/mol. The Bertz CT molecular complexity index is 193. The van der Waals surface area contributed by atoms with Crippen molar-refractivity contribution in [2.45, 2.75) is 33.6 Å². The van der Waals surface area contributed by atoms with Gasteiger partial charge in [-0.3, -0.25) is 0 Å². The number of allylic oxidation sites excluding steroid dienone is 2. The zero-order chi connectivity index (χ0) is 12.6. The number of hydrogen-bond acceptors (Lipinski definition) is 0. The molecule has 1 unspecified atom stereocenters. The molecule has 2 heteroatoms. The maximum Gasteiger partial charge on any atom is 0.127 e. The van der Waals surface area contributed by atoms with Gasteiger partial charge >= 0.3 is 0 Å². The van der Waals surface area contributed by atoms with Crippen LogP contribution in [-0.2, 0) is 0 Å². The summed E-state index contributed by atoms with van der Waals surface area (Å²) in [6.07, 6.45) is 4.93. The summed E-state index contributed by atoms with van der Waals surface area (Å²) in [5, 5.41) is 0.